The number of carboxylic acid groups (broad SMARTS) is 1. The van der Waals surface area contributed by atoms with Gasteiger partial charge in [0.25, 0.3) is 0 Å². The number of pyridine rings is 1. The Morgan fingerprint density at radius 1 is 1.02 bits per heavy atom. The molecule has 2 aromatic heterocycles. The molecule has 0 saturated heterocycles. The topological polar surface area (TPSA) is 162 Å². The highest BCUT2D eigenvalue weighted by atomic mass is 35.5. The molecule has 10 nitrogen and oxygen atoms in total. The number of benzene rings is 3. The lowest BCUT2D eigenvalue weighted by Gasteiger charge is -2.21. The lowest BCUT2D eigenvalue weighted by molar-refractivity contribution is -0.135. The maximum absolute atomic E-state index is 13.3. The van der Waals surface area contributed by atoms with Crippen molar-refractivity contribution in [2.75, 3.05) is 11.4 Å². The second-order valence-electron chi connectivity index (χ2n) is 9.57. The zero-order chi connectivity index (χ0) is 29.1. The average molecular weight is 623 g/mol. The number of nitrogens with one attached hydrogen (secondary N) is 2. The zero-order valence-corrected chi connectivity index (χ0v) is 24.6. The van der Waals surface area contributed by atoms with Gasteiger partial charge in [0.15, 0.2) is 5.78 Å². The van der Waals surface area contributed by atoms with Gasteiger partial charge in [-0.15, -0.1) is 24.8 Å². The number of nitrogens with zero attached hydrogens (tertiary/aromatic N) is 2. The van der Waals surface area contributed by atoms with E-state index in [1.807, 2.05) is 31.2 Å². The summed E-state index contributed by atoms with van der Waals surface area (Å²) in [5, 5.41) is 18.4. The van der Waals surface area contributed by atoms with Crippen LogP contribution in [0.2, 0.25) is 0 Å². The molecular formula is C31H29Cl2N5O5. The van der Waals surface area contributed by atoms with E-state index in [4.69, 9.17) is 15.9 Å². The van der Waals surface area contributed by atoms with Gasteiger partial charge in [0.2, 0.25) is 0 Å². The summed E-state index contributed by atoms with van der Waals surface area (Å²) < 4.78 is 5.64. The molecule has 0 aliphatic rings. The van der Waals surface area contributed by atoms with Crippen molar-refractivity contribution >= 4 is 76.0 Å². The van der Waals surface area contributed by atoms with Crippen molar-refractivity contribution in [3.8, 4) is 5.75 Å². The summed E-state index contributed by atoms with van der Waals surface area (Å²) in [4.78, 5) is 46.8. The summed E-state index contributed by atoms with van der Waals surface area (Å²) >= 11 is 0. The van der Waals surface area contributed by atoms with Crippen LogP contribution in [-0.4, -0.2) is 45.3 Å². The quantitative estimate of drug-likeness (QED) is 0.0883. The van der Waals surface area contributed by atoms with Crippen molar-refractivity contribution in [1.82, 2.24) is 9.97 Å². The third-order valence-corrected chi connectivity index (χ3v) is 6.76. The Bertz CT molecular complexity index is 1820. The first kappa shape index (κ1) is 32.6. The van der Waals surface area contributed by atoms with Gasteiger partial charge in [0.05, 0.1) is 11.2 Å². The molecule has 3 aromatic carbocycles. The van der Waals surface area contributed by atoms with Crippen LogP contribution >= 0.6 is 24.8 Å². The van der Waals surface area contributed by atoms with Gasteiger partial charge in [-0.05, 0) is 49.2 Å². The number of ether oxygens (including phenoxy) is 1. The number of hydrogen-bond donors (Lipinski definition) is 4. The third kappa shape index (κ3) is 7.11. The Morgan fingerprint density at radius 2 is 1.74 bits per heavy atom. The molecule has 5 N–H and O–H groups in total. The van der Waals surface area contributed by atoms with Gasteiger partial charge in [-0.1, -0.05) is 42.5 Å². The highest BCUT2D eigenvalue weighted by Gasteiger charge is 2.24. The van der Waals surface area contributed by atoms with Gasteiger partial charge in [-0.3, -0.25) is 24.9 Å². The summed E-state index contributed by atoms with van der Waals surface area (Å²) in [5.41, 5.74) is 9.74. The number of amidine groups is 1. The van der Waals surface area contributed by atoms with Gasteiger partial charge >= 0.3 is 12.1 Å². The summed E-state index contributed by atoms with van der Waals surface area (Å²) in [6.45, 7) is 1.18. The normalized spacial score (nSPS) is 10.4. The minimum absolute atomic E-state index is 0. The number of carboxylic acids is 1. The number of para-hydroxylation sites is 1. The number of Topliss-reactive ketones (excluding diaryl/α,β-unsaturated/α-hetero) is 1. The summed E-state index contributed by atoms with van der Waals surface area (Å²) in [6.07, 6.45) is 1.43. The van der Waals surface area contributed by atoms with Crippen LogP contribution in [0.15, 0.2) is 79.0 Å². The van der Waals surface area contributed by atoms with Crippen LogP contribution in [0.5, 0.6) is 5.75 Å². The van der Waals surface area contributed by atoms with E-state index in [-0.39, 0.29) is 48.6 Å². The number of carbonyl (C=O) groups is 3. The average Bonchev–Trinajstić information content (AvgIpc) is 3.29. The molecule has 1 amide bonds. The molecule has 43 heavy (non-hydrogen) atoms. The third-order valence-electron chi connectivity index (χ3n) is 6.76. The fourth-order valence-electron chi connectivity index (χ4n) is 4.81. The smallest absolute Gasteiger partial charge is 0.420 e. The molecule has 2 heterocycles. The van der Waals surface area contributed by atoms with Crippen molar-refractivity contribution in [2.24, 2.45) is 5.73 Å². The van der Waals surface area contributed by atoms with Gasteiger partial charge < -0.3 is 20.6 Å². The molecule has 12 heteroatoms. The monoisotopic (exact) mass is 621 g/mol. The van der Waals surface area contributed by atoms with Crippen LogP contribution in [-0.2, 0) is 11.2 Å². The largest absolute Gasteiger partial charge is 0.480 e. The predicted octanol–water partition coefficient (Wildman–Crippen LogP) is 6.06. The first-order valence-corrected chi connectivity index (χ1v) is 12.8. The van der Waals surface area contributed by atoms with Crippen LogP contribution in [0.1, 0.15) is 33.6 Å². The standard InChI is InChI=1S/C31H27N5O5.2ClH/c1-18-28(26(37)14-9-19-7-10-21(11-8-19)30(32)33)23-16-22(12-13-24(23)35-18)41-31(40)36(17-27(38)39)25-6-2-4-20-5-3-15-34-29(20)25;;/h2-8,10-13,15-16,35H,9,14,17H2,1H3,(H3,32,33)(H,38,39);2*1H. The van der Waals surface area contributed by atoms with Gasteiger partial charge in [-0.2, -0.15) is 0 Å². The van der Waals surface area contributed by atoms with Crippen LogP contribution in [0.4, 0.5) is 10.5 Å². The number of hydrogen-bond acceptors (Lipinski definition) is 6. The van der Waals surface area contributed by atoms with Gasteiger partial charge in [0.1, 0.15) is 18.1 Å². The van der Waals surface area contributed by atoms with Crippen LogP contribution < -0.4 is 15.4 Å². The number of aromatic amines is 1. The summed E-state index contributed by atoms with van der Waals surface area (Å²) in [7, 11) is 0. The molecule has 0 radical (unpaired) electrons. The molecule has 0 bridgehead atoms. The lowest BCUT2D eigenvalue weighted by Crippen LogP contribution is -2.38. The van der Waals surface area contributed by atoms with Crippen molar-refractivity contribution < 1.29 is 24.2 Å². The number of H-pyrrole nitrogens is 1. The van der Waals surface area contributed by atoms with Crippen LogP contribution in [0.25, 0.3) is 21.8 Å². The highest BCUT2D eigenvalue weighted by molar-refractivity contribution is 6.10. The molecule has 0 unspecified atom stereocenters. The van der Waals surface area contributed by atoms with E-state index in [1.165, 1.54) is 0 Å². The minimum atomic E-state index is -1.21. The number of halogens is 2. The maximum Gasteiger partial charge on any atom is 0.420 e. The van der Waals surface area contributed by atoms with E-state index in [1.54, 1.807) is 54.7 Å². The van der Waals surface area contributed by atoms with E-state index in [0.717, 1.165) is 15.8 Å². The number of aromatic nitrogens is 2. The number of ketones is 1. The molecule has 0 aliphatic carbocycles. The van der Waals surface area contributed by atoms with Gasteiger partial charge in [0, 0.05) is 45.7 Å². The van der Waals surface area contributed by atoms with Crippen LogP contribution in [0.3, 0.4) is 0 Å². The van der Waals surface area contributed by atoms with Crippen LogP contribution in [0, 0.1) is 12.3 Å². The number of aryl methyl sites for hydroxylation is 2. The lowest BCUT2D eigenvalue weighted by atomic mass is 9.99. The Hall–Kier alpha value is -4.93. The molecule has 0 fully saturated rings. The molecule has 5 aromatic rings. The molecule has 5 rings (SSSR count). The van der Waals surface area contributed by atoms with Crippen molar-refractivity contribution in [3.05, 3.63) is 101 Å². The molecule has 222 valence electrons. The number of anilines is 1. The SMILES string of the molecule is Cc1[nH]c2ccc(OC(=O)N(CC(=O)O)c3cccc4cccnc34)cc2c1C(=O)CCc1ccc(C(=N)N)cc1.Cl.Cl. The zero-order valence-electron chi connectivity index (χ0n) is 23.0. The van der Waals surface area contributed by atoms with Crippen molar-refractivity contribution in [2.45, 2.75) is 19.8 Å². The number of rotatable bonds is 9. The fraction of sp³-hybridized carbons (Fsp3) is 0.129. The van der Waals surface area contributed by atoms with Crippen molar-refractivity contribution in [3.63, 3.8) is 0 Å². The number of aliphatic carboxylic acids is 1. The predicted molar refractivity (Wildman–Crippen MR) is 170 cm³/mol. The molecule has 0 spiro atoms. The van der Waals surface area contributed by atoms with Crippen molar-refractivity contribution in [1.29, 1.82) is 5.41 Å². The highest BCUT2D eigenvalue weighted by Crippen LogP contribution is 2.30. The summed E-state index contributed by atoms with van der Waals surface area (Å²) in [6, 6.07) is 20.8. The second kappa shape index (κ2) is 13.8. The van der Waals surface area contributed by atoms with E-state index >= 15 is 0 Å². The van der Waals surface area contributed by atoms with E-state index in [0.29, 0.717) is 45.3 Å². The van der Waals surface area contributed by atoms with Gasteiger partial charge in [-0.25, -0.2) is 4.79 Å². The Balaban J connectivity index is 0.00000253. The number of nitrogens with two attached hydrogens (primary N) is 1. The molecule has 0 atom stereocenters. The van der Waals surface area contributed by atoms with E-state index in [9.17, 15) is 19.5 Å². The number of fused-ring (bicyclic) bond motifs is 2. The Kier molecular flexibility index (Phi) is 10.5. The van der Waals surface area contributed by atoms with E-state index in [2.05, 4.69) is 9.97 Å². The molecular weight excluding hydrogens is 593 g/mol. The maximum atomic E-state index is 13.3. The number of amides is 1. The minimum Gasteiger partial charge on any atom is -0.480 e. The Labute approximate surface area is 259 Å². The molecule has 0 saturated carbocycles. The number of carbonyl (C=O) groups excluding carboxylic acids is 2. The fourth-order valence-corrected chi connectivity index (χ4v) is 4.81. The Morgan fingerprint density at radius 3 is 2.44 bits per heavy atom. The first-order valence-electron chi connectivity index (χ1n) is 12.8. The van der Waals surface area contributed by atoms with E-state index < -0.39 is 18.6 Å². The second-order valence-corrected chi connectivity index (χ2v) is 9.57. The summed E-state index contributed by atoms with van der Waals surface area (Å²) in [5.74, 6) is -1.14. The first-order chi connectivity index (χ1) is 19.7. The number of nitrogen functional groups attached to an aromatic ring is 1. The molecule has 0 aliphatic heterocycles.